The number of nitrogens with one attached hydrogen (secondary N) is 1. The molecule has 1 aromatic heterocycles. The van der Waals surface area contributed by atoms with Crippen LogP contribution >= 0.6 is 0 Å². The van der Waals surface area contributed by atoms with Gasteiger partial charge in [0, 0.05) is 17.4 Å². The van der Waals surface area contributed by atoms with Crippen LogP contribution in [0, 0.1) is 5.82 Å². The monoisotopic (exact) mass is 260 g/mol. The van der Waals surface area contributed by atoms with Crippen LogP contribution in [0.25, 0.3) is 0 Å². The van der Waals surface area contributed by atoms with E-state index in [2.05, 4.69) is 10.3 Å². The minimum Gasteiger partial charge on any atom is -0.389 e. The summed E-state index contributed by atoms with van der Waals surface area (Å²) in [5.41, 5.74) is 0.944. The summed E-state index contributed by atoms with van der Waals surface area (Å²) in [5.74, 6) is -1.26. The average molecular weight is 260 g/mol. The molecule has 2 aromatic rings. The van der Waals surface area contributed by atoms with Crippen LogP contribution in [0.3, 0.4) is 0 Å². The molecule has 19 heavy (non-hydrogen) atoms. The van der Waals surface area contributed by atoms with Crippen molar-refractivity contribution in [1.82, 2.24) is 4.98 Å². The van der Waals surface area contributed by atoms with Crippen LogP contribution in [-0.2, 0) is 0 Å². The molecule has 0 fully saturated rings. The van der Waals surface area contributed by atoms with Crippen LogP contribution in [-0.4, -0.2) is 16.0 Å². The van der Waals surface area contributed by atoms with Gasteiger partial charge in [-0.3, -0.25) is 9.78 Å². The summed E-state index contributed by atoms with van der Waals surface area (Å²) in [6.07, 6.45) is 1.60. The van der Waals surface area contributed by atoms with E-state index in [0.29, 0.717) is 11.3 Å². The Morgan fingerprint density at radius 1 is 1.37 bits per heavy atom. The highest BCUT2D eigenvalue weighted by atomic mass is 19.1. The van der Waals surface area contributed by atoms with E-state index < -0.39 is 17.8 Å². The predicted octanol–water partition coefficient (Wildman–Crippen LogP) is 2.53. The fourth-order valence-corrected chi connectivity index (χ4v) is 1.72. The number of para-hydroxylation sites is 1. The van der Waals surface area contributed by atoms with Gasteiger partial charge in [-0.1, -0.05) is 18.2 Å². The minimum absolute atomic E-state index is 0.0876. The lowest BCUT2D eigenvalue weighted by molar-refractivity contribution is 0.102. The highest BCUT2D eigenvalue weighted by Gasteiger charge is 2.14. The number of rotatable bonds is 3. The summed E-state index contributed by atoms with van der Waals surface area (Å²) in [6, 6.07) is 8.13. The number of hydrogen-bond donors (Lipinski definition) is 2. The summed E-state index contributed by atoms with van der Waals surface area (Å²) in [5, 5.41) is 12.2. The first-order valence-electron chi connectivity index (χ1n) is 5.77. The van der Waals surface area contributed by atoms with E-state index in [1.807, 2.05) is 0 Å². The van der Waals surface area contributed by atoms with Crippen molar-refractivity contribution in [2.24, 2.45) is 0 Å². The second-order valence-electron chi connectivity index (χ2n) is 4.07. The first-order chi connectivity index (χ1) is 9.09. The molecule has 1 aromatic carbocycles. The molecule has 0 aliphatic heterocycles. The Morgan fingerprint density at radius 2 is 2.11 bits per heavy atom. The molecule has 2 rings (SSSR count). The van der Waals surface area contributed by atoms with Gasteiger partial charge in [-0.2, -0.15) is 0 Å². The van der Waals surface area contributed by atoms with Gasteiger partial charge in [0.05, 0.1) is 17.9 Å². The molecule has 1 amide bonds. The van der Waals surface area contributed by atoms with Crippen LogP contribution in [0.1, 0.15) is 28.9 Å². The van der Waals surface area contributed by atoms with Crippen molar-refractivity contribution in [3.05, 3.63) is 59.7 Å². The molecule has 1 unspecified atom stereocenters. The summed E-state index contributed by atoms with van der Waals surface area (Å²) < 4.78 is 13.4. The lowest BCUT2D eigenvalue weighted by atomic mass is 10.1. The van der Waals surface area contributed by atoms with Crippen LogP contribution < -0.4 is 5.32 Å². The number of aliphatic hydroxyl groups is 1. The highest BCUT2D eigenvalue weighted by molar-refractivity contribution is 6.04. The number of benzene rings is 1. The van der Waals surface area contributed by atoms with Crippen molar-refractivity contribution in [1.29, 1.82) is 0 Å². The summed E-state index contributed by atoms with van der Waals surface area (Å²) in [6.45, 7) is 1.60. The van der Waals surface area contributed by atoms with E-state index in [1.54, 1.807) is 31.2 Å². The van der Waals surface area contributed by atoms with E-state index >= 15 is 0 Å². The Balaban J connectivity index is 2.27. The van der Waals surface area contributed by atoms with Gasteiger partial charge in [0.25, 0.3) is 5.91 Å². The van der Waals surface area contributed by atoms with Gasteiger partial charge in [0.2, 0.25) is 0 Å². The van der Waals surface area contributed by atoms with Gasteiger partial charge in [0.1, 0.15) is 0 Å². The number of amides is 1. The molecule has 0 saturated heterocycles. The average Bonchev–Trinajstić information content (AvgIpc) is 2.39. The molecule has 0 radical (unpaired) electrons. The fourth-order valence-electron chi connectivity index (χ4n) is 1.72. The summed E-state index contributed by atoms with van der Waals surface area (Å²) >= 11 is 0. The zero-order valence-electron chi connectivity index (χ0n) is 10.3. The molecule has 0 saturated carbocycles. The zero-order chi connectivity index (χ0) is 13.8. The normalized spacial score (nSPS) is 11.9. The highest BCUT2D eigenvalue weighted by Crippen LogP contribution is 2.22. The number of pyridine rings is 1. The van der Waals surface area contributed by atoms with Gasteiger partial charge in [-0.15, -0.1) is 0 Å². The van der Waals surface area contributed by atoms with Gasteiger partial charge in [-0.25, -0.2) is 4.39 Å². The van der Waals surface area contributed by atoms with Gasteiger partial charge in [0.15, 0.2) is 5.82 Å². The van der Waals surface area contributed by atoms with Crippen LogP contribution in [0.4, 0.5) is 10.1 Å². The second-order valence-corrected chi connectivity index (χ2v) is 4.07. The maximum atomic E-state index is 13.4. The molecule has 0 aliphatic rings. The van der Waals surface area contributed by atoms with Crippen molar-refractivity contribution >= 4 is 11.6 Å². The Morgan fingerprint density at radius 3 is 2.79 bits per heavy atom. The second kappa shape index (κ2) is 5.58. The maximum absolute atomic E-state index is 13.4. The smallest absolute Gasteiger partial charge is 0.258 e. The molecule has 1 atom stereocenters. The van der Waals surface area contributed by atoms with E-state index in [1.165, 1.54) is 12.3 Å². The van der Waals surface area contributed by atoms with Crippen molar-refractivity contribution in [3.8, 4) is 0 Å². The Labute approximate surface area is 109 Å². The van der Waals surface area contributed by atoms with Gasteiger partial charge >= 0.3 is 0 Å². The lowest BCUT2D eigenvalue weighted by Crippen LogP contribution is -2.15. The van der Waals surface area contributed by atoms with Crippen molar-refractivity contribution in [3.63, 3.8) is 0 Å². The maximum Gasteiger partial charge on any atom is 0.258 e. The third-order valence-corrected chi connectivity index (χ3v) is 2.68. The number of hydrogen-bond acceptors (Lipinski definition) is 3. The van der Waals surface area contributed by atoms with Crippen molar-refractivity contribution in [2.45, 2.75) is 13.0 Å². The third-order valence-electron chi connectivity index (χ3n) is 2.68. The topological polar surface area (TPSA) is 62.2 Å². The van der Waals surface area contributed by atoms with Crippen LogP contribution in [0.2, 0.25) is 0 Å². The molecule has 2 N–H and O–H groups in total. The first kappa shape index (κ1) is 13.2. The molecule has 0 bridgehead atoms. The van der Waals surface area contributed by atoms with Crippen molar-refractivity contribution < 1.29 is 14.3 Å². The number of aromatic nitrogens is 1. The number of carbonyl (C=O) groups excluding carboxylic acids is 1. The molecule has 0 spiro atoms. The number of anilines is 1. The Kier molecular flexibility index (Phi) is 3.87. The summed E-state index contributed by atoms with van der Waals surface area (Å²) in [4.78, 5) is 15.5. The minimum atomic E-state index is -0.723. The lowest BCUT2D eigenvalue weighted by Gasteiger charge is -2.13. The molecular formula is C14H13FN2O2. The van der Waals surface area contributed by atoms with Gasteiger partial charge < -0.3 is 10.4 Å². The summed E-state index contributed by atoms with van der Waals surface area (Å²) in [7, 11) is 0. The standard InChI is InChI=1S/C14H13FN2O2/c1-9(18)10-4-2-3-5-13(10)17-14(19)11-6-7-16-8-12(11)15/h2-9,18H,1H3,(H,17,19). The number of nitrogens with zero attached hydrogens (tertiary/aromatic N) is 1. The van der Waals surface area contributed by atoms with Crippen LogP contribution in [0.15, 0.2) is 42.7 Å². The van der Waals surface area contributed by atoms with Crippen LogP contribution in [0.5, 0.6) is 0 Å². The third kappa shape index (κ3) is 2.95. The fraction of sp³-hybridized carbons (Fsp3) is 0.143. The first-order valence-corrected chi connectivity index (χ1v) is 5.77. The quantitative estimate of drug-likeness (QED) is 0.891. The Bertz CT molecular complexity index is 600. The Hall–Kier alpha value is -2.27. The molecule has 98 valence electrons. The number of aliphatic hydroxyl groups excluding tert-OH is 1. The van der Waals surface area contributed by atoms with E-state index in [0.717, 1.165) is 6.20 Å². The van der Waals surface area contributed by atoms with E-state index in [9.17, 15) is 14.3 Å². The number of halogens is 1. The molecular weight excluding hydrogens is 247 g/mol. The van der Waals surface area contributed by atoms with Gasteiger partial charge in [-0.05, 0) is 19.1 Å². The SMILES string of the molecule is CC(O)c1ccccc1NC(=O)c1ccncc1F. The largest absolute Gasteiger partial charge is 0.389 e. The zero-order valence-corrected chi connectivity index (χ0v) is 10.3. The molecule has 0 aliphatic carbocycles. The predicted molar refractivity (Wildman–Crippen MR) is 69.2 cm³/mol. The molecule has 5 heteroatoms. The molecule has 4 nitrogen and oxygen atoms in total. The number of carbonyl (C=O) groups is 1. The van der Waals surface area contributed by atoms with E-state index in [-0.39, 0.29) is 5.56 Å². The van der Waals surface area contributed by atoms with E-state index in [4.69, 9.17) is 0 Å². The van der Waals surface area contributed by atoms with Crippen molar-refractivity contribution in [2.75, 3.05) is 5.32 Å². The molecule has 1 heterocycles.